The fraction of sp³-hybridized carbons (Fsp3) is 0.429. The molecule has 1 aromatic rings. The first-order chi connectivity index (χ1) is 9.69. The molecular formula is C14H16Cl2N2O3. The molecule has 7 heteroatoms. The van der Waals surface area contributed by atoms with Crippen molar-refractivity contribution in [3.05, 3.63) is 18.2 Å². The van der Waals surface area contributed by atoms with Gasteiger partial charge in [-0.25, -0.2) is 0 Å². The molecule has 1 atom stereocenters. The molecule has 2 rings (SSSR count). The predicted octanol–water partition coefficient (Wildman–Crippen LogP) is 3.18. The van der Waals surface area contributed by atoms with Crippen LogP contribution in [0.5, 0.6) is 5.75 Å². The monoisotopic (exact) mass is 330 g/mol. The molecule has 1 saturated carbocycles. The molecule has 0 saturated heterocycles. The summed E-state index contributed by atoms with van der Waals surface area (Å²) in [6.45, 7) is 3.10. The molecule has 2 N–H and O–H groups in total. The van der Waals surface area contributed by atoms with Crippen LogP contribution >= 0.6 is 23.2 Å². The Bertz CT molecular complexity index is 604. The molecule has 1 fully saturated rings. The summed E-state index contributed by atoms with van der Waals surface area (Å²) < 4.78 is 4.13. The number of hydrogen-bond donors (Lipinski definition) is 2. The van der Waals surface area contributed by atoms with Crippen molar-refractivity contribution in [3.63, 3.8) is 0 Å². The van der Waals surface area contributed by atoms with Crippen molar-refractivity contribution in [1.29, 1.82) is 0 Å². The maximum absolute atomic E-state index is 12.2. The number of carbonyl (C=O) groups excluding carboxylic acids is 2. The summed E-state index contributed by atoms with van der Waals surface area (Å²) in [6.07, 6.45) is 0.406. The number of benzene rings is 1. The molecule has 0 radical (unpaired) electrons. The highest BCUT2D eigenvalue weighted by Crippen LogP contribution is 2.64. The second-order valence-corrected chi connectivity index (χ2v) is 6.75. The Balaban J connectivity index is 2.18. The Labute approximate surface area is 132 Å². The molecule has 2 amide bonds. The van der Waals surface area contributed by atoms with E-state index in [0.717, 1.165) is 0 Å². The molecule has 1 aliphatic rings. The summed E-state index contributed by atoms with van der Waals surface area (Å²) in [6, 6.07) is 4.96. The lowest BCUT2D eigenvalue weighted by atomic mass is 10.1. The molecular weight excluding hydrogens is 315 g/mol. The standard InChI is InChI=1S/C14H16Cl2N2O3/c1-8(19)17-10-6-9(4-5-11(10)21-3)18-12(20)13(2)7-14(13,15)16/h4-6H,7H2,1-3H3,(H,17,19)(H,18,20). The summed E-state index contributed by atoms with van der Waals surface area (Å²) in [5.41, 5.74) is 0.207. The van der Waals surface area contributed by atoms with Crippen LogP contribution in [-0.4, -0.2) is 23.3 Å². The van der Waals surface area contributed by atoms with E-state index < -0.39 is 9.75 Å². The number of amides is 2. The lowest BCUT2D eigenvalue weighted by Gasteiger charge is -2.15. The fourth-order valence-corrected chi connectivity index (χ4v) is 2.69. The lowest BCUT2D eigenvalue weighted by Crippen LogP contribution is -2.26. The van der Waals surface area contributed by atoms with Crippen molar-refractivity contribution in [2.24, 2.45) is 5.41 Å². The van der Waals surface area contributed by atoms with Crippen LogP contribution in [0.1, 0.15) is 20.3 Å². The maximum Gasteiger partial charge on any atom is 0.233 e. The Morgan fingerprint density at radius 1 is 1.29 bits per heavy atom. The quantitative estimate of drug-likeness (QED) is 0.833. The molecule has 1 aliphatic carbocycles. The molecule has 0 bridgehead atoms. The molecule has 0 heterocycles. The highest BCUT2D eigenvalue weighted by Gasteiger charge is 2.67. The van der Waals surface area contributed by atoms with Gasteiger partial charge < -0.3 is 15.4 Å². The van der Waals surface area contributed by atoms with Crippen LogP contribution in [0, 0.1) is 5.41 Å². The molecule has 114 valence electrons. The van der Waals surface area contributed by atoms with Crippen LogP contribution in [-0.2, 0) is 9.59 Å². The minimum Gasteiger partial charge on any atom is -0.495 e. The number of methoxy groups -OCH3 is 1. The number of alkyl halides is 2. The van der Waals surface area contributed by atoms with Gasteiger partial charge in [0.25, 0.3) is 0 Å². The molecule has 0 aliphatic heterocycles. The van der Waals surface area contributed by atoms with E-state index in [1.54, 1.807) is 25.1 Å². The lowest BCUT2D eigenvalue weighted by molar-refractivity contribution is -0.120. The van der Waals surface area contributed by atoms with Crippen LogP contribution in [0.15, 0.2) is 18.2 Å². The highest BCUT2D eigenvalue weighted by atomic mass is 35.5. The Morgan fingerprint density at radius 3 is 2.38 bits per heavy atom. The Hall–Kier alpha value is -1.46. The molecule has 5 nitrogen and oxygen atoms in total. The number of halogens is 2. The number of carbonyl (C=O) groups is 2. The molecule has 21 heavy (non-hydrogen) atoms. The van der Waals surface area contributed by atoms with Gasteiger partial charge in [0, 0.05) is 12.6 Å². The minimum atomic E-state index is -1.02. The first kappa shape index (κ1) is 15.9. The highest BCUT2D eigenvalue weighted by molar-refractivity contribution is 6.53. The molecule has 1 aromatic carbocycles. The van der Waals surface area contributed by atoms with E-state index in [-0.39, 0.29) is 11.8 Å². The van der Waals surface area contributed by atoms with Crippen LogP contribution in [0.2, 0.25) is 0 Å². The second kappa shape index (κ2) is 5.39. The van der Waals surface area contributed by atoms with Crippen molar-refractivity contribution in [1.82, 2.24) is 0 Å². The van der Waals surface area contributed by atoms with Gasteiger partial charge in [-0.2, -0.15) is 0 Å². The van der Waals surface area contributed by atoms with E-state index >= 15 is 0 Å². The summed E-state index contributed by atoms with van der Waals surface area (Å²) >= 11 is 12.0. The van der Waals surface area contributed by atoms with Crippen LogP contribution in [0.4, 0.5) is 11.4 Å². The van der Waals surface area contributed by atoms with Crippen molar-refractivity contribution in [3.8, 4) is 5.75 Å². The number of rotatable bonds is 4. The normalized spacial score (nSPS) is 22.3. The third-order valence-electron chi connectivity index (χ3n) is 3.53. The van der Waals surface area contributed by atoms with E-state index in [4.69, 9.17) is 27.9 Å². The average molecular weight is 331 g/mol. The molecule has 1 unspecified atom stereocenters. The van der Waals surface area contributed by atoms with Crippen molar-refractivity contribution >= 4 is 46.4 Å². The van der Waals surface area contributed by atoms with Crippen molar-refractivity contribution in [2.75, 3.05) is 17.7 Å². The predicted molar refractivity (Wildman–Crippen MR) is 83.1 cm³/mol. The van der Waals surface area contributed by atoms with Gasteiger partial charge in [-0.05, 0) is 31.5 Å². The number of hydrogen-bond acceptors (Lipinski definition) is 3. The molecule has 0 spiro atoms. The van der Waals surface area contributed by atoms with Crippen LogP contribution in [0.3, 0.4) is 0 Å². The van der Waals surface area contributed by atoms with Crippen LogP contribution in [0.25, 0.3) is 0 Å². The third kappa shape index (κ3) is 3.09. The second-order valence-electron chi connectivity index (χ2n) is 5.26. The number of ether oxygens (including phenoxy) is 1. The summed E-state index contributed by atoms with van der Waals surface area (Å²) in [7, 11) is 1.50. The SMILES string of the molecule is COc1ccc(NC(=O)C2(C)CC2(Cl)Cl)cc1NC(C)=O. The summed E-state index contributed by atoms with van der Waals surface area (Å²) in [5, 5.41) is 5.39. The smallest absolute Gasteiger partial charge is 0.233 e. The first-order valence-corrected chi connectivity index (χ1v) is 7.10. The fourth-order valence-electron chi connectivity index (χ4n) is 1.99. The topological polar surface area (TPSA) is 67.4 Å². The Kier molecular flexibility index (Phi) is 4.08. The number of nitrogens with one attached hydrogen (secondary N) is 2. The van der Waals surface area contributed by atoms with Gasteiger partial charge in [-0.1, -0.05) is 0 Å². The minimum absolute atomic E-state index is 0.230. The van der Waals surface area contributed by atoms with Gasteiger partial charge in [-0.15, -0.1) is 23.2 Å². The van der Waals surface area contributed by atoms with E-state index in [1.807, 2.05) is 0 Å². The van der Waals surface area contributed by atoms with Crippen molar-refractivity contribution < 1.29 is 14.3 Å². The zero-order valence-corrected chi connectivity index (χ0v) is 13.4. The van der Waals surface area contributed by atoms with Gasteiger partial charge in [0.05, 0.1) is 18.2 Å². The average Bonchev–Trinajstić information content (AvgIpc) is 2.89. The van der Waals surface area contributed by atoms with E-state index in [1.165, 1.54) is 14.0 Å². The van der Waals surface area contributed by atoms with Crippen molar-refractivity contribution in [2.45, 2.75) is 24.6 Å². The number of anilines is 2. The zero-order chi connectivity index (χ0) is 15.8. The third-order valence-corrected chi connectivity index (χ3v) is 4.63. The summed E-state index contributed by atoms with van der Waals surface area (Å²) in [5.74, 6) is 0.0165. The maximum atomic E-state index is 12.2. The van der Waals surface area contributed by atoms with Crippen LogP contribution < -0.4 is 15.4 Å². The summed E-state index contributed by atoms with van der Waals surface area (Å²) in [4.78, 5) is 23.4. The van der Waals surface area contributed by atoms with E-state index in [9.17, 15) is 9.59 Å². The van der Waals surface area contributed by atoms with Gasteiger partial charge >= 0.3 is 0 Å². The zero-order valence-electron chi connectivity index (χ0n) is 11.9. The van der Waals surface area contributed by atoms with Gasteiger partial charge in [0.2, 0.25) is 11.8 Å². The van der Waals surface area contributed by atoms with E-state index in [2.05, 4.69) is 10.6 Å². The molecule has 0 aromatic heterocycles. The first-order valence-electron chi connectivity index (χ1n) is 6.34. The van der Waals surface area contributed by atoms with Gasteiger partial charge in [-0.3, -0.25) is 9.59 Å². The largest absolute Gasteiger partial charge is 0.495 e. The van der Waals surface area contributed by atoms with Gasteiger partial charge in [0.15, 0.2) is 0 Å². The van der Waals surface area contributed by atoms with E-state index in [0.29, 0.717) is 23.5 Å². The van der Waals surface area contributed by atoms with Gasteiger partial charge in [0.1, 0.15) is 10.1 Å². The Morgan fingerprint density at radius 2 is 1.90 bits per heavy atom.